The summed E-state index contributed by atoms with van der Waals surface area (Å²) in [6, 6.07) is 8.12. The lowest BCUT2D eigenvalue weighted by Crippen LogP contribution is -2.54. The number of likely N-dealkylation sites (tertiary alicyclic amines) is 1. The van der Waals surface area contributed by atoms with Gasteiger partial charge in [0.05, 0.1) is 6.04 Å². The molecular formula is C15H20N2O3. The van der Waals surface area contributed by atoms with E-state index >= 15 is 0 Å². The average Bonchev–Trinajstić information content (AvgIpc) is 2.47. The van der Waals surface area contributed by atoms with E-state index in [-0.39, 0.29) is 5.91 Å². The Balaban J connectivity index is 2.03. The van der Waals surface area contributed by atoms with E-state index in [0.29, 0.717) is 19.4 Å². The molecule has 0 aliphatic carbocycles. The number of nitrogens with two attached hydrogens (primary N) is 1. The summed E-state index contributed by atoms with van der Waals surface area (Å²) in [6.45, 7) is 0.484. The average molecular weight is 276 g/mol. The van der Waals surface area contributed by atoms with E-state index in [2.05, 4.69) is 0 Å². The predicted octanol–water partition coefficient (Wildman–Crippen LogP) is 1.02. The molecule has 1 aliphatic heterocycles. The summed E-state index contributed by atoms with van der Waals surface area (Å²) in [6.07, 6.45) is 2.63. The molecule has 1 aromatic carbocycles. The molecule has 1 unspecified atom stereocenters. The standard InChI is InChI=1S/C15H20N2O3/c16-12(10-11-6-2-1-3-7-11)14(18)17-9-5-4-8-13(17)15(19)20/h1-3,6-7,12-13H,4-5,8-10,16H2,(H,19,20)/t12?,13-/m0/s1. The first kappa shape index (κ1) is 14.5. The SMILES string of the molecule is NC(Cc1ccccc1)C(=O)N1CCCC[C@H]1C(=O)O. The van der Waals surface area contributed by atoms with Crippen molar-refractivity contribution in [2.75, 3.05) is 6.54 Å². The maximum absolute atomic E-state index is 12.4. The summed E-state index contributed by atoms with van der Waals surface area (Å²) in [5.41, 5.74) is 6.94. The van der Waals surface area contributed by atoms with Crippen molar-refractivity contribution in [3.8, 4) is 0 Å². The van der Waals surface area contributed by atoms with Crippen LogP contribution >= 0.6 is 0 Å². The van der Waals surface area contributed by atoms with Crippen LogP contribution in [0.1, 0.15) is 24.8 Å². The number of hydrogen-bond donors (Lipinski definition) is 2. The third-order valence-corrected chi connectivity index (χ3v) is 3.69. The van der Waals surface area contributed by atoms with Gasteiger partial charge in [-0.3, -0.25) is 4.79 Å². The Morgan fingerprint density at radius 1 is 1.30 bits per heavy atom. The minimum absolute atomic E-state index is 0.263. The van der Waals surface area contributed by atoms with Crippen LogP contribution in [0.15, 0.2) is 30.3 Å². The molecule has 0 saturated carbocycles. The number of rotatable bonds is 4. The Hall–Kier alpha value is -1.88. The van der Waals surface area contributed by atoms with Crippen molar-refractivity contribution in [1.82, 2.24) is 4.90 Å². The van der Waals surface area contributed by atoms with E-state index < -0.39 is 18.1 Å². The van der Waals surface area contributed by atoms with Crippen molar-refractivity contribution < 1.29 is 14.7 Å². The molecule has 5 heteroatoms. The van der Waals surface area contributed by atoms with Gasteiger partial charge in [0, 0.05) is 6.54 Å². The molecule has 0 spiro atoms. The molecule has 108 valence electrons. The van der Waals surface area contributed by atoms with E-state index in [9.17, 15) is 14.7 Å². The quantitative estimate of drug-likeness (QED) is 0.860. The summed E-state index contributed by atoms with van der Waals surface area (Å²) in [4.78, 5) is 25.0. The summed E-state index contributed by atoms with van der Waals surface area (Å²) in [5.74, 6) is -1.20. The fraction of sp³-hybridized carbons (Fsp3) is 0.467. The monoisotopic (exact) mass is 276 g/mol. The predicted molar refractivity (Wildman–Crippen MR) is 75.1 cm³/mol. The van der Waals surface area contributed by atoms with Crippen LogP contribution in [0, 0.1) is 0 Å². The van der Waals surface area contributed by atoms with Gasteiger partial charge in [0.2, 0.25) is 5.91 Å². The number of aliphatic carboxylic acids is 1. The first-order valence-electron chi connectivity index (χ1n) is 6.92. The molecule has 1 aliphatic rings. The summed E-state index contributed by atoms with van der Waals surface area (Å²) in [7, 11) is 0. The third kappa shape index (κ3) is 3.36. The van der Waals surface area contributed by atoms with Crippen LogP contribution in [0.25, 0.3) is 0 Å². The van der Waals surface area contributed by atoms with Gasteiger partial charge >= 0.3 is 5.97 Å². The first-order chi connectivity index (χ1) is 9.59. The molecule has 2 rings (SSSR count). The number of nitrogens with zero attached hydrogens (tertiary/aromatic N) is 1. The molecule has 3 N–H and O–H groups in total. The molecule has 1 amide bonds. The second kappa shape index (κ2) is 6.52. The molecule has 0 aromatic heterocycles. The topological polar surface area (TPSA) is 83.6 Å². The van der Waals surface area contributed by atoms with Gasteiger partial charge in [-0.25, -0.2) is 4.79 Å². The van der Waals surface area contributed by atoms with Gasteiger partial charge in [-0.1, -0.05) is 30.3 Å². The molecular weight excluding hydrogens is 256 g/mol. The molecule has 20 heavy (non-hydrogen) atoms. The maximum Gasteiger partial charge on any atom is 0.326 e. The van der Waals surface area contributed by atoms with E-state index in [1.54, 1.807) is 0 Å². The molecule has 2 atom stereocenters. The summed E-state index contributed by atoms with van der Waals surface area (Å²) >= 11 is 0. The van der Waals surface area contributed by atoms with Gasteiger partial charge in [0.15, 0.2) is 0 Å². The second-order valence-corrected chi connectivity index (χ2v) is 5.18. The first-order valence-corrected chi connectivity index (χ1v) is 6.92. The highest BCUT2D eigenvalue weighted by molar-refractivity contribution is 5.87. The van der Waals surface area contributed by atoms with Crippen LogP contribution in [-0.4, -0.2) is 40.5 Å². The molecule has 5 nitrogen and oxygen atoms in total. The van der Waals surface area contributed by atoms with Gasteiger partial charge < -0.3 is 15.7 Å². The van der Waals surface area contributed by atoms with Crippen molar-refractivity contribution in [3.63, 3.8) is 0 Å². The van der Waals surface area contributed by atoms with Crippen molar-refractivity contribution in [2.45, 2.75) is 37.8 Å². The van der Waals surface area contributed by atoms with Crippen LogP contribution in [0.4, 0.5) is 0 Å². The van der Waals surface area contributed by atoms with Gasteiger partial charge in [-0.2, -0.15) is 0 Å². The highest BCUT2D eigenvalue weighted by Crippen LogP contribution is 2.18. The van der Waals surface area contributed by atoms with Crippen molar-refractivity contribution in [1.29, 1.82) is 0 Å². The number of carbonyl (C=O) groups is 2. The molecule has 0 radical (unpaired) electrons. The normalized spacial score (nSPS) is 20.4. The summed E-state index contributed by atoms with van der Waals surface area (Å²) < 4.78 is 0. The Bertz CT molecular complexity index is 475. The minimum atomic E-state index is -0.940. The van der Waals surface area contributed by atoms with Crippen molar-refractivity contribution in [2.24, 2.45) is 5.73 Å². The van der Waals surface area contributed by atoms with Gasteiger partial charge in [0.1, 0.15) is 6.04 Å². The van der Waals surface area contributed by atoms with Crippen LogP contribution in [0.5, 0.6) is 0 Å². The Morgan fingerprint density at radius 3 is 2.65 bits per heavy atom. The molecule has 0 bridgehead atoms. The van der Waals surface area contributed by atoms with Crippen molar-refractivity contribution >= 4 is 11.9 Å². The van der Waals surface area contributed by atoms with Crippen LogP contribution in [-0.2, 0) is 16.0 Å². The maximum atomic E-state index is 12.4. The molecule has 1 saturated heterocycles. The number of piperidine rings is 1. The van der Waals surface area contributed by atoms with Crippen LogP contribution < -0.4 is 5.73 Å². The zero-order chi connectivity index (χ0) is 14.5. The number of carbonyl (C=O) groups excluding carboxylic acids is 1. The number of carboxylic acid groups (broad SMARTS) is 1. The summed E-state index contributed by atoms with van der Waals surface area (Å²) in [5, 5.41) is 9.19. The zero-order valence-electron chi connectivity index (χ0n) is 11.4. The smallest absolute Gasteiger partial charge is 0.326 e. The van der Waals surface area contributed by atoms with Gasteiger partial charge in [0.25, 0.3) is 0 Å². The third-order valence-electron chi connectivity index (χ3n) is 3.69. The lowest BCUT2D eigenvalue weighted by molar-refractivity contribution is -0.152. The molecule has 1 aromatic rings. The molecule has 1 fully saturated rings. The number of carboxylic acids is 1. The fourth-order valence-electron chi connectivity index (χ4n) is 2.62. The number of benzene rings is 1. The van der Waals surface area contributed by atoms with E-state index in [1.165, 1.54) is 4.90 Å². The second-order valence-electron chi connectivity index (χ2n) is 5.18. The number of amides is 1. The van der Waals surface area contributed by atoms with E-state index in [4.69, 9.17) is 5.73 Å². The largest absolute Gasteiger partial charge is 0.480 e. The lowest BCUT2D eigenvalue weighted by atomic mass is 9.99. The Kier molecular flexibility index (Phi) is 4.74. The Labute approximate surface area is 118 Å². The van der Waals surface area contributed by atoms with Crippen molar-refractivity contribution in [3.05, 3.63) is 35.9 Å². The highest BCUT2D eigenvalue weighted by Gasteiger charge is 2.34. The van der Waals surface area contributed by atoms with Crippen LogP contribution in [0.3, 0.4) is 0 Å². The lowest BCUT2D eigenvalue weighted by Gasteiger charge is -2.34. The van der Waals surface area contributed by atoms with Gasteiger partial charge in [-0.15, -0.1) is 0 Å². The zero-order valence-corrected chi connectivity index (χ0v) is 11.4. The molecule has 1 heterocycles. The van der Waals surface area contributed by atoms with Crippen LogP contribution in [0.2, 0.25) is 0 Å². The number of hydrogen-bond acceptors (Lipinski definition) is 3. The fourth-order valence-corrected chi connectivity index (χ4v) is 2.62. The highest BCUT2D eigenvalue weighted by atomic mass is 16.4. The minimum Gasteiger partial charge on any atom is -0.480 e. The Morgan fingerprint density at radius 2 is 2.00 bits per heavy atom. The van der Waals surface area contributed by atoms with E-state index in [0.717, 1.165) is 18.4 Å². The van der Waals surface area contributed by atoms with E-state index in [1.807, 2.05) is 30.3 Å². The van der Waals surface area contributed by atoms with Gasteiger partial charge in [-0.05, 0) is 31.2 Å².